The topological polar surface area (TPSA) is 77.4 Å². The average Bonchev–Trinajstić information content (AvgIpc) is 3.07. The minimum atomic E-state index is -0.164. The number of methoxy groups -OCH3 is 2. The largest absolute Gasteiger partial charge is 0.493 e. The molecular formula is C17H22N4O3. The van der Waals surface area contributed by atoms with E-state index in [0.717, 1.165) is 30.6 Å². The Bertz CT molecular complexity index is 714. The van der Waals surface area contributed by atoms with Gasteiger partial charge in [0.1, 0.15) is 0 Å². The molecule has 3 rings (SSSR count). The molecular weight excluding hydrogens is 308 g/mol. The number of carbonyl (C=O) groups is 1. The molecule has 0 bridgehead atoms. The van der Waals surface area contributed by atoms with Crippen molar-refractivity contribution < 1.29 is 14.3 Å². The maximum absolute atomic E-state index is 12.1. The number of nitrogens with one attached hydrogen (secondary N) is 2. The second-order valence-corrected chi connectivity index (χ2v) is 5.75. The van der Waals surface area contributed by atoms with E-state index in [2.05, 4.69) is 15.7 Å². The minimum absolute atomic E-state index is 0.139. The van der Waals surface area contributed by atoms with Crippen LogP contribution in [0, 0.1) is 0 Å². The van der Waals surface area contributed by atoms with Crippen molar-refractivity contribution in [3.8, 4) is 11.5 Å². The van der Waals surface area contributed by atoms with Crippen molar-refractivity contribution in [3.63, 3.8) is 0 Å². The first-order valence-electron chi connectivity index (χ1n) is 7.95. The molecule has 0 spiro atoms. The molecule has 1 aliphatic heterocycles. The summed E-state index contributed by atoms with van der Waals surface area (Å²) in [7, 11) is 3.19. The highest BCUT2D eigenvalue weighted by molar-refractivity contribution is 5.74. The lowest BCUT2D eigenvalue weighted by atomic mass is 10.0. The Labute approximate surface area is 140 Å². The Morgan fingerprint density at radius 2 is 2.12 bits per heavy atom. The van der Waals surface area contributed by atoms with E-state index in [9.17, 15) is 4.79 Å². The lowest BCUT2D eigenvalue weighted by Crippen LogP contribution is -2.45. The quantitative estimate of drug-likeness (QED) is 0.875. The lowest BCUT2D eigenvalue weighted by molar-refractivity contribution is 0.233. The number of aromatic nitrogens is 2. The standard InChI is InChI=1S/C17H22N4O3/c1-23-15-4-3-12(9-16(15)24-2)11-18-17(22)20-13-6-8-21-14(10-13)5-7-19-21/h3-5,7,9,13H,6,8,10-11H2,1-2H3,(H2,18,20,22)/t13-/m0/s1. The summed E-state index contributed by atoms with van der Waals surface area (Å²) < 4.78 is 12.5. The fourth-order valence-electron chi connectivity index (χ4n) is 2.90. The summed E-state index contributed by atoms with van der Waals surface area (Å²) >= 11 is 0. The molecule has 0 unspecified atom stereocenters. The normalized spacial score (nSPS) is 16.2. The number of hydrogen-bond donors (Lipinski definition) is 2. The molecule has 0 fully saturated rings. The summed E-state index contributed by atoms with van der Waals surface area (Å²) in [5.74, 6) is 1.32. The van der Waals surface area contributed by atoms with Crippen LogP contribution in [0.2, 0.25) is 0 Å². The van der Waals surface area contributed by atoms with Crippen molar-refractivity contribution in [1.29, 1.82) is 0 Å². The number of benzene rings is 1. The SMILES string of the molecule is COc1ccc(CNC(=O)N[C@H]2CCn3nccc3C2)cc1OC. The molecule has 1 aromatic carbocycles. The van der Waals surface area contributed by atoms with E-state index in [-0.39, 0.29) is 12.1 Å². The first kappa shape index (κ1) is 16.2. The Balaban J connectivity index is 1.51. The molecule has 128 valence electrons. The third-order valence-corrected chi connectivity index (χ3v) is 4.19. The second-order valence-electron chi connectivity index (χ2n) is 5.75. The maximum atomic E-state index is 12.1. The van der Waals surface area contributed by atoms with E-state index in [4.69, 9.17) is 9.47 Å². The van der Waals surface area contributed by atoms with Crippen LogP contribution in [0.3, 0.4) is 0 Å². The number of fused-ring (bicyclic) bond motifs is 1. The Hall–Kier alpha value is -2.70. The van der Waals surface area contributed by atoms with Crippen LogP contribution in [0.25, 0.3) is 0 Å². The Morgan fingerprint density at radius 1 is 1.29 bits per heavy atom. The highest BCUT2D eigenvalue weighted by Crippen LogP contribution is 2.27. The smallest absolute Gasteiger partial charge is 0.315 e. The van der Waals surface area contributed by atoms with Crippen LogP contribution in [0.5, 0.6) is 11.5 Å². The van der Waals surface area contributed by atoms with E-state index in [0.29, 0.717) is 18.0 Å². The van der Waals surface area contributed by atoms with Crippen LogP contribution >= 0.6 is 0 Å². The summed E-state index contributed by atoms with van der Waals surface area (Å²) in [5, 5.41) is 10.2. The van der Waals surface area contributed by atoms with Crippen molar-refractivity contribution in [2.24, 2.45) is 0 Å². The summed E-state index contributed by atoms with van der Waals surface area (Å²) in [5.41, 5.74) is 2.11. The first-order valence-corrected chi connectivity index (χ1v) is 7.95. The molecule has 2 amide bonds. The van der Waals surface area contributed by atoms with E-state index in [1.54, 1.807) is 20.4 Å². The molecule has 24 heavy (non-hydrogen) atoms. The van der Waals surface area contributed by atoms with Gasteiger partial charge in [0.25, 0.3) is 0 Å². The molecule has 1 aromatic heterocycles. The first-order chi connectivity index (χ1) is 11.7. The van der Waals surface area contributed by atoms with Crippen LogP contribution in [0.1, 0.15) is 17.7 Å². The predicted molar refractivity (Wildman–Crippen MR) is 89.3 cm³/mol. The maximum Gasteiger partial charge on any atom is 0.315 e. The van der Waals surface area contributed by atoms with Crippen LogP contribution in [-0.4, -0.2) is 36.1 Å². The van der Waals surface area contributed by atoms with Gasteiger partial charge in [-0.05, 0) is 30.2 Å². The number of aryl methyl sites for hydroxylation is 1. The third-order valence-electron chi connectivity index (χ3n) is 4.19. The highest BCUT2D eigenvalue weighted by Gasteiger charge is 2.20. The second kappa shape index (κ2) is 7.25. The number of ether oxygens (including phenoxy) is 2. The van der Waals surface area contributed by atoms with Crippen molar-refractivity contribution in [2.45, 2.75) is 32.0 Å². The fourth-order valence-corrected chi connectivity index (χ4v) is 2.90. The van der Waals surface area contributed by atoms with Gasteiger partial charge in [0.05, 0.1) is 14.2 Å². The highest BCUT2D eigenvalue weighted by atomic mass is 16.5. The van der Waals surface area contributed by atoms with Gasteiger partial charge in [-0.3, -0.25) is 4.68 Å². The van der Waals surface area contributed by atoms with Crippen LogP contribution in [0.15, 0.2) is 30.5 Å². The van der Waals surface area contributed by atoms with Gasteiger partial charge in [0, 0.05) is 37.4 Å². The van der Waals surface area contributed by atoms with Crippen LogP contribution in [0.4, 0.5) is 4.79 Å². The van der Waals surface area contributed by atoms with Gasteiger partial charge in [-0.15, -0.1) is 0 Å². The molecule has 1 atom stereocenters. The Kier molecular flexibility index (Phi) is 4.88. The zero-order valence-corrected chi connectivity index (χ0v) is 13.9. The van der Waals surface area contributed by atoms with Crippen LogP contribution in [-0.2, 0) is 19.5 Å². The summed E-state index contributed by atoms with van der Waals surface area (Å²) in [6.45, 7) is 1.26. The molecule has 0 saturated heterocycles. The zero-order valence-electron chi connectivity index (χ0n) is 13.9. The molecule has 2 N–H and O–H groups in total. The summed E-state index contributed by atoms with van der Waals surface area (Å²) in [4.78, 5) is 12.1. The van der Waals surface area contributed by atoms with Gasteiger partial charge in [-0.25, -0.2) is 4.79 Å². The van der Waals surface area contributed by atoms with E-state index < -0.39 is 0 Å². The Morgan fingerprint density at radius 3 is 2.92 bits per heavy atom. The number of nitrogens with zero attached hydrogens (tertiary/aromatic N) is 2. The van der Waals surface area contributed by atoms with E-state index in [1.165, 1.54) is 0 Å². The third kappa shape index (κ3) is 3.61. The lowest BCUT2D eigenvalue weighted by Gasteiger charge is -2.24. The van der Waals surface area contributed by atoms with Gasteiger partial charge in [0.15, 0.2) is 11.5 Å². The number of amides is 2. The van der Waals surface area contributed by atoms with E-state index in [1.807, 2.05) is 28.9 Å². The molecule has 7 nitrogen and oxygen atoms in total. The summed E-state index contributed by atoms with van der Waals surface area (Å²) in [6, 6.07) is 7.56. The predicted octanol–water partition coefficient (Wildman–Crippen LogP) is 1.71. The van der Waals surface area contributed by atoms with Crippen molar-refractivity contribution in [3.05, 3.63) is 41.7 Å². The van der Waals surface area contributed by atoms with Crippen molar-refractivity contribution in [2.75, 3.05) is 14.2 Å². The molecule has 0 saturated carbocycles. The van der Waals surface area contributed by atoms with Crippen LogP contribution < -0.4 is 20.1 Å². The molecule has 0 radical (unpaired) electrons. The number of carbonyl (C=O) groups excluding carboxylic acids is 1. The number of urea groups is 1. The molecule has 0 aliphatic carbocycles. The van der Waals surface area contributed by atoms with Crippen molar-refractivity contribution in [1.82, 2.24) is 20.4 Å². The zero-order chi connectivity index (χ0) is 16.9. The number of rotatable bonds is 5. The van der Waals surface area contributed by atoms with Gasteiger partial charge >= 0.3 is 6.03 Å². The fraction of sp³-hybridized carbons (Fsp3) is 0.412. The number of hydrogen-bond acceptors (Lipinski definition) is 4. The molecule has 1 aliphatic rings. The summed E-state index contributed by atoms with van der Waals surface area (Å²) in [6.07, 6.45) is 3.50. The monoisotopic (exact) mass is 330 g/mol. The van der Waals surface area contributed by atoms with E-state index >= 15 is 0 Å². The van der Waals surface area contributed by atoms with Gasteiger partial charge in [0.2, 0.25) is 0 Å². The van der Waals surface area contributed by atoms with Crippen molar-refractivity contribution >= 4 is 6.03 Å². The molecule has 2 heterocycles. The van der Waals surface area contributed by atoms with Gasteiger partial charge in [-0.1, -0.05) is 6.07 Å². The van der Waals surface area contributed by atoms with Gasteiger partial charge < -0.3 is 20.1 Å². The minimum Gasteiger partial charge on any atom is -0.493 e. The molecule has 7 heteroatoms. The molecule has 2 aromatic rings. The van der Waals surface area contributed by atoms with Gasteiger partial charge in [-0.2, -0.15) is 5.10 Å². The average molecular weight is 330 g/mol.